The Labute approximate surface area is 270 Å². The highest BCUT2D eigenvalue weighted by Gasteiger charge is 2.72. The summed E-state index contributed by atoms with van der Waals surface area (Å²) in [5.74, 6) is 0.343. The Morgan fingerprint density at radius 2 is 1.60 bits per heavy atom. The minimum absolute atomic E-state index is 0.0624. The van der Waals surface area contributed by atoms with Crippen LogP contribution in [-0.4, -0.2) is 97.0 Å². The summed E-state index contributed by atoms with van der Waals surface area (Å²) in [5, 5.41) is 75.5. The Kier molecular flexibility index (Phi) is 9.56. The van der Waals surface area contributed by atoms with Crippen LogP contribution in [0.5, 0.6) is 0 Å². The summed E-state index contributed by atoms with van der Waals surface area (Å²) in [6, 6.07) is 0. The normalized spacial score (nSPS) is 51.8. The van der Waals surface area contributed by atoms with Crippen molar-refractivity contribution in [2.75, 3.05) is 6.61 Å². The first-order valence-electron chi connectivity index (χ1n) is 17.4. The van der Waals surface area contributed by atoms with E-state index in [4.69, 9.17) is 9.47 Å². The molecule has 15 atom stereocenters. The van der Waals surface area contributed by atoms with Gasteiger partial charge in [-0.25, -0.2) is 0 Å². The molecule has 4 aliphatic carbocycles. The average molecular weight is 639 g/mol. The van der Waals surface area contributed by atoms with E-state index in [0.29, 0.717) is 25.7 Å². The number of rotatable bonds is 7. The van der Waals surface area contributed by atoms with Gasteiger partial charge in [-0.2, -0.15) is 0 Å². The summed E-state index contributed by atoms with van der Waals surface area (Å²) < 4.78 is 12.6. The zero-order chi connectivity index (χ0) is 33.5. The van der Waals surface area contributed by atoms with Crippen molar-refractivity contribution in [3.05, 3.63) is 11.6 Å². The van der Waals surface area contributed by atoms with Crippen molar-refractivity contribution in [2.45, 2.75) is 161 Å². The van der Waals surface area contributed by atoms with E-state index in [1.54, 1.807) is 0 Å². The van der Waals surface area contributed by atoms with Crippen LogP contribution in [0.3, 0.4) is 0 Å². The number of fused-ring (bicyclic) bond motifs is 5. The van der Waals surface area contributed by atoms with Gasteiger partial charge in [-0.3, -0.25) is 0 Å². The van der Waals surface area contributed by atoms with Crippen molar-refractivity contribution in [3.8, 4) is 0 Å². The van der Waals surface area contributed by atoms with Gasteiger partial charge in [-0.15, -0.1) is 0 Å². The molecule has 5 aliphatic rings. The van der Waals surface area contributed by atoms with Crippen LogP contribution in [-0.2, 0) is 9.47 Å². The van der Waals surface area contributed by atoms with Crippen LogP contribution in [0.1, 0.15) is 107 Å². The van der Waals surface area contributed by atoms with Gasteiger partial charge in [0.2, 0.25) is 0 Å². The van der Waals surface area contributed by atoms with Gasteiger partial charge >= 0.3 is 0 Å². The van der Waals surface area contributed by atoms with Crippen LogP contribution in [0, 0.1) is 45.3 Å². The Morgan fingerprint density at radius 1 is 0.933 bits per heavy atom. The molecule has 0 spiro atoms. The van der Waals surface area contributed by atoms with E-state index in [0.717, 1.165) is 25.7 Å². The molecule has 45 heavy (non-hydrogen) atoms. The summed E-state index contributed by atoms with van der Waals surface area (Å²) in [5.41, 5.74) is -0.729. The molecule has 1 heterocycles. The van der Waals surface area contributed by atoms with E-state index in [2.05, 4.69) is 47.6 Å². The lowest BCUT2D eigenvalue weighted by atomic mass is 9.34. The molecule has 0 bridgehead atoms. The van der Waals surface area contributed by atoms with Crippen molar-refractivity contribution >= 4 is 0 Å². The third-order valence-corrected chi connectivity index (χ3v) is 14.2. The van der Waals surface area contributed by atoms with Gasteiger partial charge in [-0.05, 0) is 117 Å². The highest BCUT2D eigenvalue weighted by atomic mass is 16.7. The minimum Gasteiger partial charge on any atom is -0.394 e. The van der Waals surface area contributed by atoms with Gasteiger partial charge in [0.15, 0.2) is 6.29 Å². The van der Waals surface area contributed by atoms with Crippen LogP contribution in [0.25, 0.3) is 0 Å². The summed E-state index contributed by atoms with van der Waals surface area (Å²) >= 11 is 0. The van der Waals surface area contributed by atoms with Gasteiger partial charge in [0.05, 0.1) is 30.5 Å². The second kappa shape index (κ2) is 12.1. The SMILES string of the molecule is C/C(=C\CCC(C)(C)O)C1CCC2(C)C1C(O)CC1C3(C)CCC(O)C(C)(C)C3C(OC3OC(CO)C(O)C(O)C3O)CC12C. The molecule has 0 aromatic rings. The first kappa shape index (κ1) is 35.7. The standard InChI is InChI=1S/C36H62O9/c1-19(10-9-13-32(2,3)43)20-11-15-35(7)26(20)21(38)16-24-34(6)14-12-25(39)33(4,5)30(34)22(17-36(24,35)8)44-31-29(42)28(41)27(40)23(18-37)45-31/h10,20-31,37-43H,9,11-18H2,1-8H3/b19-10+. The molecule has 5 rings (SSSR count). The van der Waals surface area contributed by atoms with Gasteiger partial charge in [-0.1, -0.05) is 46.3 Å². The summed E-state index contributed by atoms with van der Waals surface area (Å²) in [6.45, 7) is 16.5. The van der Waals surface area contributed by atoms with E-state index in [1.165, 1.54) is 5.57 Å². The molecule has 7 N–H and O–H groups in total. The third-order valence-electron chi connectivity index (χ3n) is 14.2. The number of allylic oxidation sites excluding steroid dienone is 2. The van der Waals surface area contributed by atoms with Gasteiger partial charge in [0.25, 0.3) is 0 Å². The fourth-order valence-corrected chi connectivity index (χ4v) is 11.7. The maximum atomic E-state index is 12.1. The molecule has 15 unspecified atom stereocenters. The van der Waals surface area contributed by atoms with E-state index in [-0.39, 0.29) is 39.9 Å². The first-order chi connectivity index (χ1) is 20.7. The quantitative estimate of drug-likeness (QED) is 0.164. The zero-order valence-corrected chi connectivity index (χ0v) is 28.8. The molecule has 9 nitrogen and oxygen atoms in total. The predicted molar refractivity (Wildman–Crippen MR) is 170 cm³/mol. The molecule has 1 saturated heterocycles. The lowest BCUT2D eigenvalue weighted by molar-refractivity contribution is -0.346. The van der Waals surface area contributed by atoms with Crippen LogP contribution < -0.4 is 0 Å². The molecule has 5 fully saturated rings. The van der Waals surface area contributed by atoms with Crippen molar-refractivity contribution in [2.24, 2.45) is 45.3 Å². The predicted octanol–water partition coefficient (Wildman–Crippen LogP) is 3.30. The molecule has 0 aromatic heterocycles. The monoisotopic (exact) mass is 638 g/mol. The number of hydrogen-bond acceptors (Lipinski definition) is 9. The lowest BCUT2D eigenvalue weighted by Gasteiger charge is -2.72. The van der Waals surface area contributed by atoms with E-state index in [9.17, 15) is 35.7 Å². The molecule has 260 valence electrons. The topological polar surface area (TPSA) is 160 Å². The minimum atomic E-state index is -1.53. The molecular formula is C36H62O9. The van der Waals surface area contributed by atoms with Gasteiger partial charge in [0.1, 0.15) is 24.4 Å². The lowest BCUT2D eigenvalue weighted by Crippen LogP contribution is -2.70. The zero-order valence-electron chi connectivity index (χ0n) is 28.8. The fraction of sp³-hybridized carbons (Fsp3) is 0.944. The number of aliphatic hydroxyl groups is 7. The first-order valence-corrected chi connectivity index (χ1v) is 17.4. The van der Waals surface area contributed by atoms with Crippen LogP contribution >= 0.6 is 0 Å². The van der Waals surface area contributed by atoms with Crippen molar-refractivity contribution in [1.29, 1.82) is 0 Å². The second-order valence-electron chi connectivity index (χ2n) is 17.6. The molecule has 0 radical (unpaired) electrons. The van der Waals surface area contributed by atoms with Crippen molar-refractivity contribution < 1.29 is 45.2 Å². The Hall–Kier alpha value is -0.620. The van der Waals surface area contributed by atoms with E-state index in [1.807, 2.05) is 13.8 Å². The fourth-order valence-electron chi connectivity index (χ4n) is 11.7. The Balaban J connectivity index is 1.52. The maximum Gasteiger partial charge on any atom is 0.186 e. The molecule has 0 aromatic carbocycles. The van der Waals surface area contributed by atoms with Crippen LogP contribution in [0.2, 0.25) is 0 Å². The summed E-state index contributed by atoms with van der Waals surface area (Å²) in [4.78, 5) is 0. The van der Waals surface area contributed by atoms with Gasteiger partial charge < -0.3 is 45.2 Å². The van der Waals surface area contributed by atoms with Crippen LogP contribution in [0.4, 0.5) is 0 Å². The largest absolute Gasteiger partial charge is 0.394 e. The highest BCUT2D eigenvalue weighted by Crippen LogP contribution is 2.76. The molecular weight excluding hydrogens is 576 g/mol. The molecule has 4 saturated carbocycles. The van der Waals surface area contributed by atoms with E-state index < -0.39 is 66.6 Å². The average Bonchev–Trinajstić information content (AvgIpc) is 3.32. The van der Waals surface area contributed by atoms with Crippen molar-refractivity contribution in [1.82, 2.24) is 0 Å². The van der Waals surface area contributed by atoms with Crippen LogP contribution in [0.15, 0.2) is 11.6 Å². The van der Waals surface area contributed by atoms with Gasteiger partial charge in [0, 0.05) is 0 Å². The summed E-state index contributed by atoms with van der Waals surface area (Å²) in [6.07, 6.45) is 0.140. The highest BCUT2D eigenvalue weighted by molar-refractivity contribution is 5.24. The number of ether oxygens (including phenoxy) is 2. The number of hydrogen-bond donors (Lipinski definition) is 7. The second-order valence-corrected chi connectivity index (χ2v) is 17.6. The van der Waals surface area contributed by atoms with Crippen molar-refractivity contribution in [3.63, 3.8) is 0 Å². The number of aliphatic hydroxyl groups excluding tert-OH is 6. The third kappa shape index (κ3) is 5.68. The Morgan fingerprint density at radius 3 is 2.22 bits per heavy atom. The maximum absolute atomic E-state index is 12.1. The van der Waals surface area contributed by atoms with E-state index >= 15 is 0 Å². The smallest absolute Gasteiger partial charge is 0.186 e. The Bertz CT molecular complexity index is 1100. The molecule has 0 amide bonds. The molecule has 1 aliphatic heterocycles. The summed E-state index contributed by atoms with van der Waals surface area (Å²) in [7, 11) is 0. The molecule has 9 heteroatoms.